The van der Waals surface area contributed by atoms with Crippen LogP contribution in [0.5, 0.6) is 5.75 Å². The number of hydrogen-bond acceptors (Lipinski definition) is 4. The zero-order valence-corrected chi connectivity index (χ0v) is 13.5. The minimum absolute atomic E-state index is 0.274. The zero-order valence-electron chi connectivity index (χ0n) is 13.5. The van der Waals surface area contributed by atoms with Gasteiger partial charge in [0.15, 0.2) is 0 Å². The van der Waals surface area contributed by atoms with Crippen LogP contribution in [0.4, 0.5) is 5.69 Å². The lowest BCUT2D eigenvalue weighted by atomic mass is 10.1. The van der Waals surface area contributed by atoms with E-state index in [2.05, 4.69) is 18.9 Å². The number of hydrogen-bond donors (Lipinski definition) is 2. The predicted molar refractivity (Wildman–Crippen MR) is 92.4 cm³/mol. The number of primary amides is 1. The molecular formula is C18H23N3O2. The van der Waals surface area contributed by atoms with E-state index in [0.717, 1.165) is 18.0 Å². The molecule has 5 nitrogen and oxygen atoms in total. The molecule has 2 aromatic rings. The van der Waals surface area contributed by atoms with Crippen LogP contribution in [0.3, 0.4) is 0 Å². The van der Waals surface area contributed by atoms with E-state index in [4.69, 9.17) is 16.2 Å². The number of amides is 1. The van der Waals surface area contributed by atoms with Gasteiger partial charge < -0.3 is 16.2 Å². The highest BCUT2D eigenvalue weighted by atomic mass is 16.5. The first kappa shape index (κ1) is 16.8. The molecule has 0 saturated heterocycles. The molecule has 0 aromatic heterocycles. The Hall–Kier alpha value is -2.53. The van der Waals surface area contributed by atoms with Gasteiger partial charge in [-0.25, -0.2) is 0 Å². The van der Waals surface area contributed by atoms with Gasteiger partial charge in [-0.3, -0.25) is 9.69 Å². The molecule has 5 heteroatoms. The number of nitrogen functional groups attached to an aromatic ring is 1. The molecule has 0 saturated carbocycles. The maximum atomic E-state index is 11.0. The molecule has 1 amide bonds. The first-order valence-electron chi connectivity index (χ1n) is 7.55. The van der Waals surface area contributed by atoms with Crippen LogP contribution in [-0.4, -0.2) is 31.0 Å². The fraction of sp³-hybridized carbons (Fsp3) is 0.278. The van der Waals surface area contributed by atoms with Gasteiger partial charge in [0.25, 0.3) is 0 Å². The Morgan fingerprint density at radius 1 is 1.13 bits per heavy atom. The first-order chi connectivity index (χ1) is 11.0. The van der Waals surface area contributed by atoms with Crippen LogP contribution in [0, 0.1) is 0 Å². The Morgan fingerprint density at radius 3 is 2.30 bits per heavy atom. The molecule has 4 N–H and O–H groups in total. The monoisotopic (exact) mass is 313 g/mol. The number of nitrogens with two attached hydrogens (primary N) is 2. The van der Waals surface area contributed by atoms with E-state index in [1.54, 1.807) is 24.3 Å². The highest BCUT2D eigenvalue weighted by Crippen LogP contribution is 2.19. The van der Waals surface area contributed by atoms with Crippen molar-refractivity contribution in [3.8, 4) is 5.75 Å². The molecule has 0 fully saturated rings. The van der Waals surface area contributed by atoms with Crippen molar-refractivity contribution in [2.45, 2.75) is 13.0 Å². The van der Waals surface area contributed by atoms with Gasteiger partial charge >= 0.3 is 0 Å². The molecule has 0 aliphatic heterocycles. The van der Waals surface area contributed by atoms with E-state index in [9.17, 15) is 4.79 Å². The number of rotatable bonds is 7. The van der Waals surface area contributed by atoms with Crippen LogP contribution in [0.1, 0.15) is 28.9 Å². The smallest absolute Gasteiger partial charge is 0.248 e. The van der Waals surface area contributed by atoms with E-state index in [1.807, 2.05) is 24.3 Å². The largest absolute Gasteiger partial charge is 0.492 e. The molecule has 0 spiro atoms. The molecular weight excluding hydrogens is 290 g/mol. The van der Waals surface area contributed by atoms with Gasteiger partial charge in [-0.1, -0.05) is 12.1 Å². The van der Waals surface area contributed by atoms with Gasteiger partial charge in [-0.2, -0.15) is 0 Å². The van der Waals surface area contributed by atoms with Crippen LogP contribution in [0.2, 0.25) is 0 Å². The Morgan fingerprint density at radius 2 is 1.74 bits per heavy atom. The summed E-state index contributed by atoms with van der Waals surface area (Å²) in [6, 6.07) is 15.0. The SMILES string of the molecule is CC(c1ccc(N)cc1)N(C)CCOc1ccc(C(N)=O)cc1. The standard InChI is InChI=1S/C18H23N3O2/c1-13(14-3-7-16(19)8-4-14)21(2)11-12-23-17-9-5-15(6-10-17)18(20)22/h3-10,13H,11-12,19H2,1-2H3,(H2,20,22). The Balaban J connectivity index is 1.83. The van der Waals surface area contributed by atoms with E-state index in [-0.39, 0.29) is 6.04 Å². The molecule has 0 radical (unpaired) electrons. The fourth-order valence-corrected chi connectivity index (χ4v) is 2.25. The van der Waals surface area contributed by atoms with Gasteiger partial charge in [-0.15, -0.1) is 0 Å². The van der Waals surface area contributed by atoms with Gasteiger partial charge in [0.1, 0.15) is 12.4 Å². The fourth-order valence-electron chi connectivity index (χ4n) is 2.25. The summed E-state index contributed by atoms with van der Waals surface area (Å²) in [5, 5.41) is 0. The topological polar surface area (TPSA) is 81.6 Å². The summed E-state index contributed by atoms with van der Waals surface area (Å²) in [4.78, 5) is 13.2. The highest BCUT2D eigenvalue weighted by molar-refractivity contribution is 5.92. The summed E-state index contributed by atoms with van der Waals surface area (Å²) in [6.07, 6.45) is 0. The summed E-state index contributed by atoms with van der Waals surface area (Å²) in [6.45, 7) is 3.49. The number of likely N-dealkylation sites (N-methyl/N-ethyl adjacent to an activating group) is 1. The molecule has 2 aromatic carbocycles. The Bertz CT molecular complexity index is 638. The van der Waals surface area contributed by atoms with Gasteiger partial charge in [-0.05, 0) is 55.9 Å². The third kappa shape index (κ3) is 4.72. The minimum atomic E-state index is -0.436. The third-order valence-corrected chi connectivity index (χ3v) is 3.93. The first-order valence-corrected chi connectivity index (χ1v) is 7.55. The zero-order chi connectivity index (χ0) is 16.8. The van der Waals surface area contributed by atoms with E-state index < -0.39 is 5.91 Å². The average Bonchev–Trinajstić information content (AvgIpc) is 2.55. The number of anilines is 1. The number of benzene rings is 2. The molecule has 23 heavy (non-hydrogen) atoms. The van der Waals surface area contributed by atoms with E-state index in [0.29, 0.717) is 12.2 Å². The van der Waals surface area contributed by atoms with Gasteiger partial charge in [0.2, 0.25) is 5.91 Å². The summed E-state index contributed by atoms with van der Waals surface area (Å²) >= 11 is 0. The third-order valence-electron chi connectivity index (χ3n) is 3.93. The molecule has 0 aliphatic carbocycles. The van der Waals surface area contributed by atoms with Crippen molar-refractivity contribution in [3.63, 3.8) is 0 Å². The Kier molecular flexibility index (Phi) is 5.60. The molecule has 122 valence electrons. The van der Waals surface area contributed by atoms with Crippen LogP contribution >= 0.6 is 0 Å². The lowest BCUT2D eigenvalue weighted by molar-refractivity contribution is 0.1000. The average molecular weight is 313 g/mol. The summed E-state index contributed by atoms with van der Waals surface area (Å²) < 4.78 is 5.70. The summed E-state index contributed by atoms with van der Waals surface area (Å²) in [5.41, 5.74) is 13.4. The van der Waals surface area contributed by atoms with Gasteiger partial charge in [0, 0.05) is 23.8 Å². The maximum Gasteiger partial charge on any atom is 0.248 e. The highest BCUT2D eigenvalue weighted by Gasteiger charge is 2.11. The Labute approximate surface area is 136 Å². The molecule has 1 unspecified atom stereocenters. The van der Waals surface area contributed by atoms with Crippen LogP contribution < -0.4 is 16.2 Å². The lowest BCUT2D eigenvalue weighted by Crippen LogP contribution is -2.27. The van der Waals surface area contributed by atoms with Crippen molar-refractivity contribution in [3.05, 3.63) is 59.7 Å². The quantitative estimate of drug-likeness (QED) is 0.769. The van der Waals surface area contributed by atoms with Crippen molar-refractivity contribution >= 4 is 11.6 Å². The van der Waals surface area contributed by atoms with Crippen molar-refractivity contribution in [2.75, 3.05) is 25.9 Å². The number of carbonyl (C=O) groups excluding carboxylic acids is 1. The molecule has 0 aliphatic rings. The second-order valence-electron chi connectivity index (χ2n) is 5.56. The summed E-state index contributed by atoms with van der Waals surface area (Å²) in [7, 11) is 2.06. The van der Waals surface area contributed by atoms with Crippen LogP contribution in [-0.2, 0) is 0 Å². The van der Waals surface area contributed by atoms with Crippen molar-refractivity contribution in [1.82, 2.24) is 4.90 Å². The lowest BCUT2D eigenvalue weighted by Gasteiger charge is -2.25. The molecule has 2 rings (SSSR count). The number of ether oxygens (including phenoxy) is 1. The van der Waals surface area contributed by atoms with Crippen molar-refractivity contribution < 1.29 is 9.53 Å². The van der Waals surface area contributed by atoms with Crippen molar-refractivity contribution in [2.24, 2.45) is 5.73 Å². The normalized spacial score (nSPS) is 12.1. The van der Waals surface area contributed by atoms with E-state index >= 15 is 0 Å². The van der Waals surface area contributed by atoms with Crippen LogP contribution in [0.25, 0.3) is 0 Å². The molecule has 0 heterocycles. The maximum absolute atomic E-state index is 11.0. The van der Waals surface area contributed by atoms with Crippen LogP contribution in [0.15, 0.2) is 48.5 Å². The second-order valence-corrected chi connectivity index (χ2v) is 5.56. The predicted octanol–water partition coefficient (Wildman–Crippen LogP) is 2.44. The molecule has 0 bridgehead atoms. The summed E-state index contributed by atoms with van der Waals surface area (Å²) in [5.74, 6) is 0.289. The number of carbonyl (C=O) groups is 1. The minimum Gasteiger partial charge on any atom is -0.492 e. The number of nitrogens with zero attached hydrogens (tertiary/aromatic N) is 1. The second kappa shape index (κ2) is 7.65. The molecule has 1 atom stereocenters. The van der Waals surface area contributed by atoms with Crippen molar-refractivity contribution in [1.29, 1.82) is 0 Å². The van der Waals surface area contributed by atoms with Gasteiger partial charge in [0.05, 0.1) is 0 Å². The van der Waals surface area contributed by atoms with E-state index in [1.165, 1.54) is 5.56 Å².